The van der Waals surface area contributed by atoms with Crippen LogP contribution in [0.15, 0.2) is 18.2 Å². The molecule has 0 unspecified atom stereocenters. The average Bonchev–Trinajstić information content (AvgIpc) is 2.34. The van der Waals surface area contributed by atoms with Crippen LogP contribution in [0.5, 0.6) is 5.75 Å². The van der Waals surface area contributed by atoms with Crippen molar-refractivity contribution in [2.45, 2.75) is 32.7 Å². The lowest BCUT2D eigenvalue weighted by Gasteiger charge is -2.24. The van der Waals surface area contributed by atoms with E-state index in [9.17, 15) is 0 Å². The predicted octanol–water partition coefficient (Wildman–Crippen LogP) is 3.70. The van der Waals surface area contributed by atoms with Gasteiger partial charge in [-0.05, 0) is 62.0 Å². The first-order valence-corrected chi connectivity index (χ1v) is 7.53. The average molecular weight is 251 g/mol. The minimum absolute atomic E-state index is 0.646. The molecule has 0 saturated carbocycles. The lowest BCUT2D eigenvalue weighted by molar-refractivity contribution is 0.340. The van der Waals surface area contributed by atoms with Crippen LogP contribution in [0.3, 0.4) is 0 Å². The summed E-state index contributed by atoms with van der Waals surface area (Å²) in [4.78, 5) is 0. The molecule has 1 aliphatic rings. The second-order valence-corrected chi connectivity index (χ2v) is 5.67. The molecule has 17 heavy (non-hydrogen) atoms. The van der Waals surface area contributed by atoms with Crippen molar-refractivity contribution in [1.29, 1.82) is 0 Å². The maximum absolute atomic E-state index is 5.50. The van der Waals surface area contributed by atoms with Gasteiger partial charge in [-0.2, -0.15) is 11.8 Å². The minimum Gasteiger partial charge on any atom is -0.494 e. The maximum atomic E-state index is 5.50. The fraction of sp³-hybridized carbons (Fsp3) is 0.571. The van der Waals surface area contributed by atoms with Crippen molar-refractivity contribution in [2.75, 3.05) is 23.4 Å². The quantitative estimate of drug-likeness (QED) is 0.881. The first-order chi connectivity index (χ1) is 8.29. The lowest BCUT2D eigenvalue weighted by Crippen LogP contribution is -2.24. The van der Waals surface area contributed by atoms with E-state index in [0.29, 0.717) is 6.04 Å². The van der Waals surface area contributed by atoms with Crippen LogP contribution in [0.4, 0.5) is 5.69 Å². The second-order valence-electron chi connectivity index (χ2n) is 4.44. The van der Waals surface area contributed by atoms with E-state index in [4.69, 9.17) is 4.74 Å². The van der Waals surface area contributed by atoms with Gasteiger partial charge in [0, 0.05) is 11.7 Å². The third-order valence-corrected chi connectivity index (χ3v) is 4.14. The van der Waals surface area contributed by atoms with Crippen LogP contribution in [0.25, 0.3) is 0 Å². The number of thioether (sulfide) groups is 1. The van der Waals surface area contributed by atoms with E-state index in [-0.39, 0.29) is 0 Å². The lowest BCUT2D eigenvalue weighted by atomic mass is 10.1. The van der Waals surface area contributed by atoms with Crippen molar-refractivity contribution in [3.63, 3.8) is 0 Å². The van der Waals surface area contributed by atoms with Crippen LogP contribution in [-0.4, -0.2) is 24.2 Å². The van der Waals surface area contributed by atoms with Gasteiger partial charge in [-0.1, -0.05) is 0 Å². The van der Waals surface area contributed by atoms with E-state index in [1.54, 1.807) is 0 Å². The van der Waals surface area contributed by atoms with Gasteiger partial charge in [0.05, 0.1) is 6.61 Å². The Kier molecular flexibility index (Phi) is 4.60. The number of hydrogen-bond acceptors (Lipinski definition) is 3. The minimum atomic E-state index is 0.646. The third kappa shape index (κ3) is 3.56. The number of rotatable bonds is 4. The number of hydrogen-bond donors (Lipinski definition) is 1. The zero-order valence-electron chi connectivity index (χ0n) is 10.7. The molecular weight excluding hydrogens is 230 g/mol. The molecule has 1 N–H and O–H groups in total. The van der Waals surface area contributed by atoms with E-state index in [0.717, 1.165) is 12.4 Å². The standard InChI is InChI=1S/C14H21NOS/c1-3-16-13-4-5-14(11(2)10-13)15-12-6-8-17-9-7-12/h4-5,10,12,15H,3,6-9H2,1-2H3. The Labute approximate surface area is 108 Å². The Morgan fingerprint density at radius 1 is 1.35 bits per heavy atom. The Hall–Kier alpha value is -0.830. The van der Waals surface area contributed by atoms with Crippen LogP contribution in [0.1, 0.15) is 25.3 Å². The second kappa shape index (κ2) is 6.20. The van der Waals surface area contributed by atoms with Gasteiger partial charge < -0.3 is 10.1 Å². The first-order valence-electron chi connectivity index (χ1n) is 6.37. The van der Waals surface area contributed by atoms with E-state index in [1.165, 1.54) is 35.6 Å². The number of nitrogens with one attached hydrogen (secondary N) is 1. The molecule has 0 bridgehead atoms. The van der Waals surface area contributed by atoms with Crippen molar-refractivity contribution in [3.05, 3.63) is 23.8 Å². The van der Waals surface area contributed by atoms with Crippen LogP contribution >= 0.6 is 11.8 Å². The number of anilines is 1. The summed E-state index contributed by atoms with van der Waals surface area (Å²) in [5.41, 5.74) is 2.53. The summed E-state index contributed by atoms with van der Waals surface area (Å²) in [6.07, 6.45) is 2.55. The summed E-state index contributed by atoms with van der Waals surface area (Å²) >= 11 is 2.06. The molecule has 2 rings (SSSR count). The van der Waals surface area contributed by atoms with Crippen molar-refractivity contribution in [3.8, 4) is 5.75 Å². The van der Waals surface area contributed by atoms with Gasteiger partial charge in [-0.3, -0.25) is 0 Å². The summed E-state index contributed by atoms with van der Waals surface area (Å²) < 4.78 is 5.50. The first kappa shape index (κ1) is 12.6. The van der Waals surface area contributed by atoms with Gasteiger partial charge >= 0.3 is 0 Å². The monoisotopic (exact) mass is 251 g/mol. The Morgan fingerprint density at radius 3 is 2.76 bits per heavy atom. The van der Waals surface area contributed by atoms with Gasteiger partial charge in [0.25, 0.3) is 0 Å². The van der Waals surface area contributed by atoms with Crippen LogP contribution in [0, 0.1) is 6.92 Å². The molecular formula is C14H21NOS. The van der Waals surface area contributed by atoms with Crippen molar-refractivity contribution >= 4 is 17.4 Å². The van der Waals surface area contributed by atoms with Gasteiger partial charge in [-0.15, -0.1) is 0 Å². The number of benzene rings is 1. The van der Waals surface area contributed by atoms with Gasteiger partial charge in [-0.25, -0.2) is 0 Å². The summed E-state index contributed by atoms with van der Waals surface area (Å²) in [6, 6.07) is 6.95. The molecule has 0 aliphatic carbocycles. The van der Waals surface area contributed by atoms with Gasteiger partial charge in [0.2, 0.25) is 0 Å². The molecule has 1 aromatic rings. The molecule has 0 amide bonds. The molecule has 1 aromatic carbocycles. The fourth-order valence-corrected chi connectivity index (χ4v) is 3.22. The zero-order chi connectivity index (χ0) is 12.1. The predicted molar refractivity (Wildman–Crippen MR) is 76.3 cm³/mol. The normalized spacial score (nSPS) is 16.8. The summed E-state index contributed by atoms with van der Waals surface area (Å²) in [6.45, 7) is 4.88. The topological polar surface area (TPSA) is 21.3 Å². The molecule has 3 heteroatoms. The maximum Gasteiger partial charge on any atom is 0.119 e. The molecule has 1 heterocycles. The van der Waals surface area contributed by atoms with Gasteiger partial charge in [0.1, 0.15) is 5.75 Å². The molecule has 0 aromatic heterocycles. The summed E-state index contributed by atoms with van der Waals surface area (Å²) in [5, 5.41) is 3.65. The Morgan fingerprint density at radius 2 is 2.12 bits per heavy atom. The van der Waals surface area contributed by atoms with Crippen LogP contribution < -0.4 is 10.1 Å². The zero-order valence-corrected chi connectivity index (χ0v) is 11.5. The smallest absolute Gasteiger partial charge is 0.119 e. The Balaban J connectivity index is 2.00. The van der Waals surface area contributed by atoms with E-state index >= 15 is 0 Å². The van der Waals surface area contributed by atoms with Crippen molar-refractivity contribution < 1.29 is 4.74 Å². The van der Waals surface area contributed by atoms with Crippen LogP contribution in [0.2, 0.25) is 0 Å². The molecule has 0 spiro atoms. The van der Waals surface area contributed by atoms with Crippen LogP contribution in [-0.2, 0) is 0 Å². The Bertz CT molecular complexity index is 361. The van der Waals surface area contributed by atoms with Crippen molar-refractivity contribution in [2.24, 2.45) is 0 Å². The highest BCUT2D eigenvalue weighted by atomic mass is 32.2. The molecule has 0 atom stereocenters. The van der Waals surface area contributed by atoms with E-state index < -0.39 is 0 Å². The largest absolute Gasteiger partial charge is 0.494 e. The summed E-state index contributed by atoms with van der Waals surface area (Å²) in [5.74, 6) is 3.54. The molecule has 1 saturated heterocycles. The molecule has 0 radical (unpaired) electrons. The molecule has 94 valence electrons. The van der Waals surface area contributed by atoms with Gasteiger partial charge in [0.15, 0.2) is 0 Å². The highest BCUT2D eigenvalue weighted by molar-refractivity contribution is 7.99. The third-order valence-electron chi connectivity index (χ3n) is 3.09. The molecule has 1 aliphatic heterocycles. The van der Waals surface area contributed by atoms with E-state index in [2.05, 4.69) is 42.2 Å². The highest BCUT2D eigenvalue weighted by Gasteiger charge is 2.14. The summed E-state index contributed by atoms with van der Waals surface area (Å²) in [7, 11) is 0. The van der Waals surface area contributed by atoms with Crippen molar-refractivity contribution in [1.82, 2.24) is 0 Å². The highest BCUT2D eigenvalue weighted by Crippen LogP contribution is 2.25. The molecule has 1 fully saturated rings. The molecule has 2 nitrogen and oxygen atoms in total. The van der Waals surface area contributed by atoms with E-state index in [1.807, 2.05) is 6.92 Å². The fourth-order valence-electron chi connectivity index (χ4n) is 2.12. The number of aryl methyl sites for hydroxylation is 1. The number of ether oxygens (including phenoxy) is 1. The SMILES string of the molecule is CCOc1ccc(NC2CCSCC2)c(C)c1.